The standard InChI is InChI=1S/C25H21N3O3/c1-16-7-5-9-19(13-16)27-24(29)17(2)31-25(30)21-14-23(18-8-6-12-26-15-18)28-22-11-4-3-10-20(21)22/h3-15,17H,1-2H3,(H,27,29). The number of carbonyl (C=O) groups is 2. The van der Waals surface area contributed by atoms with E-state index in [9.17, 15) is 9.59 Å². The van der Waals surface area contributed by atoms with E-state index < -0.39 is 18.0 Å². The first kappa shape index (κ1) is 20.2. The van der Waals surface area contributed by atoms with E-state index in [1.54, 1.807) is 31.5 Å². The van der Waals surface area contributed by atoms with Crippen LogP contribution < -0.4 is 5.32 Å². The smallest absolute Gasteiger partial charge is 0.339 e. The molecule has 4 aromatic rings. The van der Waals surface area contributed by atoms with Crippen molar-refractivity contribution in [2.75, 3.05) is 5.32 Å². The lowest BCUT2D eigenvalue weighted by Gasteiger charge is -2.15. The van der Waals surface area contributed by atoms with Crippen LogP contribution in [0.1, 0.15) is 22.8 Å². The van der Waals surface area contributed by atoms with Gasteiger partial charge in [-0.15, -0.1) is 0 Å². The molecule has 2 heterocycles. The van der Waals surface area contributed by atoms with Crippen LogP contribution in [0, 0.1) is 6.92 Å². The van der Waals surface area contributed by atoms with Crippen molar-refractivity contribution < 1.29 is 14.3 Å². The molecule has 2 aromatic heterocycles. The molecule has 31 heavy (non-hydrogen) atoms. The van der Waals surface area contributed by atoms with Crippen LogP contribution in [-0.2, 0) is 9.53 Å². The minimum Gasteiger partial charge on any atom is -0.449 e. The van der Waals surface area contributed by atoms with E-state index in [0.29, 0.717) is 27.8 Å². The molecule has 1 atom stereocenters. The number of hydrogen-bond donors (Lipinski definition) is 1. The van der Waals surface area contributed by atoms with Gasteiger partial charge in [-0.3, -0.25) is 9.78 Å². The number of aromatic nitrogens is 2. The first-order valence-electron chi connectivity index (χ1n) is 9.90. The number of benzene rings is 2. The molecule has 2 aromatic carbocycles. The zero-order chi connectivity index (χ0) is 21.8. The van der Waals surface area contributed by atoms with Crippen molar-refractivity contribution in [2.45, 2.75) is 20.0 Å². The number of para-hydroxylation sites is 1. The Balaban J connectivity index is 1.60. The fourth-order valence-electron chi connectivity index (χ4n) is 3.25. The molecular weight excluding hydrogens is 390 g/mol. The average Bonchev–Trinajstić information content (AvgIpc) is 2.78. The minimum absolute atomic E-state index is 0.347. The molecule has 1 unspecified atom stereocenters. The summed E-state index contributed by atoms with van der Waals surface area (Å²) >= 11 is 0. The Labute approximate surface area is 179 Å². The van der Waals surface area contributed by atoms with Gasteiger partial charge in [-0.25, -0.2) is 9.78 Å². The quantitative estimate of drug-likeness (QED) is 0.478. The van der Waals surface area contributed by atoms with Crippen LogP contribution in [0.25, 0.3) is 22.2 Å². The molecule has 0 bridgehead atoms. The molecule has 0 saturated heterocycles. The number of nitrogens with zero attached hydrogens (tertiary/aromatic N) is 2. The van der Waals surface area contributed by atoms with Crippen LogP contribution in [0.5, 0.6) is 0 Å². The molecule has 0 aliphatic heterocycles. The van der Waals surface area contributed by atoms with Crippen molar-refractivity contribution in [3.8, 4) is 11.3 Å². The Morgan fingerprint density at radius 3 is 2.61 bits per heavy atom. The van der Waals surface area contributed by atoms with Crippen LogP contribution in [-0.4, -0.2) is 27.9 Å². The molecule has 0 radical (unpaired) electrons. The van der Waals surface area contributed by atoms with E-state index in [0.717, 1.165) is 11.1 Å². The van der Waals surface area contributed by atoms with Crippen molar-refractivity contribution >= 4 is 28.5 Å². The van der Waals surface area contributed by atoms with Gasteiger partial charge in [-0.1, -0.05) is 30.3 Å². The van der Waals surface area contributed by atoms with Gasteiger partial charge in [0.25, 0.3) is 5.91 Å². The summed E-state index contributed by atoms with van der Waals surface area (Å²) in [6.45, 7) is 3.49. The van der Waals surface area contributed by atoms with E-state index in [4.69, 9.17) is 4.74 Å². The summed E-state index contributed by atoms with van der Waals surface area (Å²) in [5, 5.41) is 3.44. The number of anilines is 1. The topological polar surface area (TPSA) is 81.2 Å². The van der Waals surface area contributed by atoms with Crippen LogP contribution in [0.2, 0.25) is 0 Å². The number of hydrogen-bond acceptors (Lipinski definition) is 5. The third-order valence-electron chi connectivity index (χ3n) is 4.83. The summed E-state index contributed by atoms with van der Waals surface area (Å²) in [6.07, 6.45) is 2.39. The van der Waals surface area contributed by atoms with Gasteiger partial charge in [0.05, 0.1) is 16.8 Å². The maximum absolute atomic E-state index is 13.0. The van der Waals surface area contributed by atoms with Crippen LogP contribution in [0.3, 0.4) is 0 Å². The van der Waals surface area contributed by atoms with Gasteiger partial charge in [0.1, 0.15) is 0 Å². The summed E-state index contributed by atoms with van der Waals surface area (Å²) in [6, 6.07) is 20.1. The monoisotopic (exact) mass is 411 g/mol. The minimum atomic E-state index is -0.971. The number of carbonyl (C=O) groups excluding carboxylic acids is 2. The predicted molar refractivity (Wildman–Crippen MR) is 120 cm³/mol. The number of aryl methyl sites for hydroxylation is 1. The zero-order valence-electron chi connectivity index (χ0n) is 17.2. The van der Waals surface area contributed by atoms with Crippen LogP contribution in [0.4, 0.5) is 5.69 Å². The van der Waals surface area contributed by atoms with Gasteiger partial charge in [0.15, 0.2) is 6.10 Å². The van der Waals surface area contributed by atoms with Gasteiger partial charge in [-0.2, -0.15) is 0 Å². The molecule has 1 amide bonds. The number of esters is 1. The molecule has 6 nitrogen and oxygen atoms in total. The fraction of sp³-hybridized carbons (Fsp3) is 0.120. The molecule has 0 fully saturated rings. The number of fused-ring (bicyclic) bond motifs is 1. The van der Waals surface area contributed by atoms with E-state index in [-0.39, 0.29) is 0 Å². The Kier molecular flexibility index (Phi) is 5.71. The molecule has 4 rings (SSSR count). The van der Waals surface area contributed by atoms with Gasteiger partial charge in [0.2, 0.25) is 0 Å². The highest BCUT2D eigenvalue weighted by atomic mass is 16.5. The molecule has 0 saturated carbocycles. The Morgan fingerprint density at radius 1 is 1.00 bits per heavy atom. The first-order chi connectivity index (χ1) is 15.0. The lowest BCUT2D eigenvalue weighted by Crippen LogP contribution is -2.30. The SMILES string of the molecule is Cc1cccc(NC(=O)C(C)OC(=O)c2cc(-c3cccnc3)nc3ccccc23)c1. The third-order valence-corrected chi connectivity index (χ3v) is 4.83. The van der Waals surface area contributed by atoms with E-state index in [2.05, 4.69) is 15.3 Å². The first-order valence-corrected chi connectivity index (χ1v) is 9.90. The maximum Gasteiger partial charge on any atom is 0.339 e. The molecule has 154 valence electrons. The van der Waals surface area contributed by atoms with Crippen molar-refractivity contribution in [1.29, 1.82) is 0 Å². The largest absolute Gasteiger partial charge is 0.449 e. The molecular formula is C25H21N3O3. The van der Waals surface area contributed by atoms with Gasteiger partial charge in [0, 0.05) is 29.0 Å². The molecule has 0 aliphatic rings. The maximum atomic E-state index is 13.0. The summed E-state index contributed by atoms with van der Waals surface area (Å²) < 4.78 is 5.51. The highest BCUT2D eigenvalue weighted by molar-refractivity contribution is 6.06. The zero-order valence-corrected chi connectivity index (χ0v) is 17.2. The second-order valence-electron chi connectivity index (χ2n) is 7.22. The van der Waals surface area contributed by atoms with Crippen LogP contribution in [0.15, 0.2) is 79.1 Å². The summed E-state index contributed by atoms with van der Waals surface area (Å²) in [4.78, 5) is 34.3. The second-order valence-corrected chi connectivity index (χ2v) is 7.22. The van der Waals surface area contributed by atoms with Crippen molar-refractivity contribution in [1.82, 2.24) is 9.97 Å². The van der Waals surface area contributed by atoms with E-state index in [1.165, 1.54) is 0 Å². The van der Waals surface area contributed by atoms with Gasteiger partial charge in [-0.05, 0) is 55.8 Å². The molecule has 0 spiro atoms. The summed E-state index contributed by atoms with van der Waals surface area (Å²) in [5.74, 6) is -0.986. The normalized spacial score (nSPS) is 11.7. The van der Waals surface area contributed by atoms with Crippen LogP contribution >= 0.6 is 0 Å². The van der Waals surface area contributed by atoms with Gasteiger partial charge < -0.3 is 10.1 Å². The number of pyridine rings is 2. The number of ether oxygens (including phenoxy) is 1. The van der Waals surface area contributed by atoms with Gasteiger partial charge >= 0.3 is 5.97 Å². The average molecular weight is 411 g/mol. The van der Waals surface area contributed by atoms with E-state index >= 15 is 0 Å². The van der Waals surface area contributed by atoms with Crippen molar-refractivity contribution in [3.63, 3.8) is 0 Å². The fourth-order valence-corrected chi connectivity index (χ4v) is 3.25. The Bertz CT molecular complexity index is 1260. The molecule has 1 N–H and O–H groups in total. The summed E-state index contributed by atoms with van der Waals surface area (Å²) in [5.41, 5.74) is 4.07. The highest BCUT2D eigenvalue weighted by Crippen LogP contribution is 2.25. The predicted octanol–water partition coefficient (Wildman–Crippen LogP) is 4.79. The lowest BCUT2D eigenvalue weighted by molar-refractivity contribution is -0.123. The second kappa shape index (κ2) is 8.75. The number of nitrogens with one attached hydrogen (secondary N) is 1. The molecule has 0 aliphatic carbocycles. The Hall–Kier alpha value is -4.06. The van der Waals surface area contributed by atoms with Crippen molar-refractivity contribution in [2.24, 2.45) is 0 Å². The number of amides is 1. The third kappa shape index (κ3) is 4.59. The molecule has 6 heteroatoms. The number of rotatable bonds is 5. The van der Waals surface area contributed by atoms with Crippen molar-refractivity contribution in [3.05, 3.63) is 90.3 Å². The lowest BCUT2D eigenvalue weighted by atomic mass is 10.0. The summed E-state index contributed by atoms with van der Waals surface area (Å²) in [7, 11) is 0. The Morgan fingerprint density at radius 2 is 1.84 bits per heavy atom. The highest BCUT2D eigenvalue weighted by Gasteiger charge is 2.22. The van der Waals surface area contributed by atoms with E-state index in [1.807, 2.05) is 61.5 Å².